The number of ether oxygens (including phenoxy) is 2. The van der Waals surface area contributed by atoms with Gasteiger partial charge >= 0.3 is 11.9 Å². The molecule has 2 N–H and O–H groups in total. The zero-order valence-electron chi connectivity index (χ0n) is 44.5. The molecule has 0 unspecified atom stereocenters. The lowest BCUT2D eigenvalue weighted by molar-refractivity contribution is -0.154. The zero-order valence-corrected chi connectivity index (χ0v) is 47.0. The Kier molecular flexibility index (Phi) is 16.0. The van der Waals surface area contributed by atoms with Crippen LogP contribution in [0.25, 0.3) is 0 Å². The van der Waals surface area contributed by atoms with E-state index in [1.54, 1.807) is 5.38 Å². The van der Waals surface area contributed by atoms with Gasteiger partial charge in [0.05, 0.1) is 0 Å². The van der Waals surface area contributed by atoms with Crippen LogP contribution in [0, 0.1) is 0 Å². The molecule has 0 radical (unpaired) electrons. The van der Waals surface area contributed by atoms with Crippen molar-refractivity contribution >= 4 is 69.5 Å². The first-order chi connectivity index (χ1) is 40.8. The van der Waals surface area contributed by atoms with Crippen molar-refractivity contribution in [3.63, 3.8) is 0 Å². The standard InChI is InChI=1S/C68H53N5O7S3/c74-57-41-46(42-78-57)43-81-56-45-82-64-59(63(76)73(64)60(56)65(77)79-61(47-25-9-1-10-26-47)48-27-11-2-12-28-48)70-62(75)58(72-80-68(52-35-19-6-20-36-52,53-37-21-7-22-38-53)54-39-23-8-24-40-54)55-44-83-66(69-55)71-67(49-29-13-3-14-30-49,50-31-15-4-16-32-50)51-33-17-5-18-34-51/h1-41,44,59,61,64H,42-43,45H2,(H,69,71)(H,70,75)/b72-58+/t59-,64-/m1/s1. The number of thiazole rings is 1. The van der Waals surface area contributed by atoms with Gasteiger partial charge in [-0.2, -0.15) is 0 Å². The molecule has 3 aliphatic rings. The number of cyclic esters (lactones) is 1. The fourth-order valence-corrected chi connectivity index (χ4v) is 14.0. The lowest BCUT2D eigenvalue weighted by atomic mass is 9.77. The van der Waals surface area contributed by atoms with E-state index in [2.05, 4.69) is 47.0 Å². The molecule has 0 saturated carbocycles. The van der Waals surface area contributed by atoms with Crippen LogP contribution in [0.15, 0.2) is 275 Å². The molecule has 3 aliphatic heterocycles. The van der Waals surface area contributed by atoms with Crippen molar-refractivity contribution in [2.24, 2.45) is 5.16 Å². The van der Waals surface area contributed by atoms with Crippen molar-refractivity contribution in [1.29, 1.82) is 0 Å². The van der Waals surface area contributed by atoms with Crippen molar-refractivity contribution in [3.05, 3.63) is 320 Å². The van der Waals surface area contributed by atoms with Gasteiger partial charge in [-0.3, -0.25) is 14.5 Å². The Morgan fingerprint density at radius 2 is 1.11 bits per heavy atom. The summed E-state index contributed by atoms with van der Waals surface area (Å²) in [5.74, 6) is -1.76. The molecule has 0 aliphatic carbocycles. The number of oxime groups is 1. The van der Waals surface area contributed by atoms with Gasteiger partial charge in [-0.15, -0.1) is 34.9 Å². The summed E-state index contributed by atoms with van der Waals surface area (Å²) in [6, 6.07) is 77.2. The van der Waals surface area contributed by atoms with E-state index in [0.29, 0.717) is 21.5 Å². The van der Waals surface area contributed by atoms with Crippen LogP contribution < -0.4 is 10.6 Å². The Bertz CT molecular complexity index is 3620. The third-order valence-electron chi connectivity index (χ3n) is 14.7. The molecule has 2 amide bonds. The summed E-state index contributed by atoms with van der Waals surface area (Å²) in [6.45, 7) is 0.136. The van der Waals surface area contributed by atoms with Gasteiger partial charge in [0.15, 0.2) is 16.9 Å². The van der Waals surface area contributed by atoms with Crippen LogP contribution in [-0.4, -0.2) is 68.9 Å². The molecule has 410 valence electrons. The number of nitrogens with zero attached hydrogens (tertiary/aromatic N) is 3. The summed E-state index contributed by atoms with van der Waals surface area (Å²) in [6.07, 6.45) is 0.641. The average Bonchev–Trinajstić information content (AvgIpc) is 4.15. The lowest BCUT2D eigenvalue weighted by Crippen LogP contribution is -2.71. The van der Waals surface area contributed by atoms with Crippen molar-refractivity contribution in [2.45, 2.75) is 28.7 Å². The molecule has 15 heteroatoms. The van der Waals surface area contributed by atoms with Crippen LogP contribution in [-0.2, 0) is 44.6 Å². The number of carbonyl (C=O) groups excluding carboxylic acids is 4. The van der Waals surface area contributed by atoms with Gasteiger partial charge in [-0.05, 0) is 33.4 Å². The van der Waals surface area contributed by atoms with Crippen molar-refractivity contribution in [3.8, 4) is 0 Å². The van der Waals surface area contributed by atoms with E-state index in [-0.39, 0.29) is 23.7 Å². The van der Waals surface area contributed by atoms with Crippen LogP contribution in [0.5, 0.6) is 0 Å². The van der Waals surface area contributed by atoms with E-state index in [0.717, 1.165) is 50.1 Å². The largest absolute Gasteiger partial charge is 0.458 e. The summed E-state index contributed by atoms with van der Waals surface area (Å²) < 4.78 is 11.6. The summed E-state index contributed by atoms with van der Waals surface area (Å²) in [5.41, 5.74) is 5.03. The Balaban J connectivity index is 0.931. The molecule has 2 atom stereocenters. The Labute approximate surface area is 492 Å². The molecule has 1 aromatic heterocycles. The van der Waals surface area contributed by atoms with Crippen LogP contribution in [0.1, 0.15) is 56.3 Å². The minimum Gasteiger partial charge on any atom is -0.458 e. The first-order valence-electron chi connectivity index (χ1n) is 26.9. The molecule has 0 spiro atoms. The predicted octanol–water partition coefficient (Wildman–Crippen LogP) is 12.4. The van der Waals surface area contributed by atoms with Crippen molar-refractivity contribution in [1.82, 2.24) is 15.2 Å². The second kappa shape index (κ2) is 24.4. The molecule has 0 bridgehead atoms. The second-order valence-electron chi connectivity index (χ2n) is 19.8. The van der Waals surface area contributed by atoms with Crippen LogP contribution in [0.2, 0.25) is 0 Å². The van der Waals surface area contributed by atoms with Crippen LogP contribution >= 0.6 is 34.9 Å². The molecular weight excluding hydrogens is 1090 g/mol. The number of hydrogen-bond acceptors (Lipinski definition) is 13. The Morgan fingerprint density at radius 1 is 0.651 bits per heavy atom. The quantitative estimate of drug-likeness (QED) is 0.0247. The maximum absolute atomic E-state index is 15.6. The molecule has 12 nitrogen and oxygen atoms in total. The van der Waals surface area contributed by atoms with Crippen LogP contribution in [0.4, 0.5) is 5.13 Å². The first-order valence-corrected chi connectivity index (χ1v) is 29.8. The number of thioether (sulfide) groups is 2. The van der Waals surface area contributed by atoms with Crippen LogP contribution in [0.3, 0.4) is 0 Å². The minimum absolute atomic E-state index is 0.0708. The summed E-state index contributed by atoms with van der Waals surface area (Å²) in [7, 11) is 0. The monoisotopic (exact) mass is 1150 g/mol. The number of benzene rings is 8. The lowest BCUT2D eigenvalue weighted by Gasteiger charge is -2.49. The third kappa shape index (κ3) is 11.0. The number of rotatable bonds is 20. The summed E-state index contributed by atoms with van der Waals surface area (Å²) in [4.78, 5) is 71.8. The van der Waals surface area contributed by atoms with E-state index >= 15 is 4.79 Å². The van der Waals surface area contributed by atoms with E-state index in [4.69, 9.17) is 24.5 Å². The van der Waals surface area contributed by atoms with Gasteiger partial charge in [-0.25, -0.2) is 14.6 Å². The minimum atomic E-state index is -1.39. The second-order valence-corrected chi connectivity index (χ2v) is 22.8. The van der Waals surface area contributed by atoms with Gasteiger partial charge in [0, 0.05) is 44.6 Å². The molecule has 83 heavy (non-hydrogen) atoms. The highest BCUT2D eigenvalue weighted by Crippen LogP contribution is 2.46. The first kappa shape index (κ1) is 54.3. The van der Waals surface area contributed by atoms with E-state index in [1.807, 2.05) is 206 Å². The molecule has 9 aromatic rings. The highest BCUT2D eigenvalue weighted by Gasteiger charge is 2.55. The number of β-lactam (4-membered cyclic amide) rings is 1. The number of nitrogens with one attached hydrogen (secondary N) is 2. The average molecular weight is 1150 g/mol. The van der Waals surface area contributed by atoms with Crippen molar-refractivity contribution < 1.29 is 33.5 Å². The Hall–Kier alpha value is -9.28. The topological polar surface area (TPSA) is 149 Å². The molecule has 12 rings (SSSR count). The fourth-order valence-electron chi connectivity index (χ4n) is 10.7. The number of amides is 2. The number of hydrogen-bond donors (Lipinski definition) is 2. The highest BCUT2D eigenvalue weighted by molar-refractivity contribution is 8.06. The molecule has 1 saturated heterocycles. The molecule has 1 fully saturated rings. The van der Waals surface area contributed by atoms with Gasteiger partial charge < -0.3 is 24.9 Å². The predicted molar refractivity (Wildman–Crippen MR) is 326 cm³/mol. The molecular formula is C68H53N5O7S3. The van der Waals surface area contributed by atoms with E-state index in [9.17, 15) is 14.4 Å². The third-order valence-corrected chi connectivity index (χ3v) is 18.1. The summed E-state index contributed by atoms with van der Waals surface area (Å²) >= 11 is 4.04. The maximum Gasteiger partial charge on any atom is 0.356 e. The van der Waals surface area contributed by atoms with Gasteiger partial charge in [0.2, 0.25) is 5.60 Å². The Morgan fingerprint density at radius 3 is 1.57 bits per heavy atom. The fraction of sp³-hybridized carbons (Fsp3) is 0.118. The number of carbonyl (C=O) groups is 4. The number of anilines is 1. The van der Waals surface area contributed by atoms with Crippen molar-refractivity contribution in [2.75, 3.05) is 23.4 Å². The van der Waals surface area contributed by atoms with Gasteiger partial charge in [0.25, 0.3) is 11.8 Å². The summed E-state index contributed by atoms with van der Waals surface area (Å²) in [5, 5.41) is 13.3. The smallest absolute Gasteiger partial charge is 0.356 e. The highest BCUT2D eigenvalue weighted by atomic mass is 32.2. The maximum atomic E-state index is 15.6. The SMILES string of the molecule is O=C1C=C(CSC2=C(C(=O)OC(c3ccccc3)c3ccccc3)N3C(=O)[C@@H](NC(=O)/C(=N/OC(c4ccccc4)(c4ccccc4)c4ccccc4)c4csc(NC(c5ccccc5)(c5ccccc5)c5ccccc5)n4)[C@H]3SC2)CO1. The van der Waals surface area contributed by atoms with E-state index < -0.39 is 52.4 Å². The van der Waals surface area contributed by atoms with Gasteiger partial charge in [0.1, 0.15) is 35.0 Å². The molecule has 8 aromatic carbocycles. The molecule has 4 heterocycles. The number of fused-ring (bicyclic) bond motifs is 1. The van der Waals surface area contributed by atoms with E-state index in [1.165, 1.54) is 45.8 Å². The zero-order chi connectivity index (χ0) is 56.6. The van der Waals surface area contributed by atoms with Gasteiger partial charge in [-0.1, -0.05) is 248 Å². The normalized spacial score (nSPS) is 16.1. The number of esters is 2. The number of aromatic nitrogens is 1.